The van der Waals surface area contributed by atoms with Crippen LogP contribution >= 0.6 is 15.9 Å². The molecule has 274 valence electrons. The molecule has 1 spiro atoms. The number of esters is 1. The summed E-state index contributed by atoms with van der Waals surface area (Å²) in [5.41, 5.74) is 1.94. The largest absolute Gasteiger partial charge is 0.463 e. The van der Waals surface area contributed by atoms with E-state index in [-0.39, 0.29) is 48.7 Å². The fraction of sp³-hybridized carbons (Fsp3) is 0.500. The lowest BCUT2D eigenvalue weighted by Gasteiger charge is -2.40. The minimum atomic E-state index is -1.34. The summed E-state index contributed by atoms with van der Waals surface area (Å²) >= 11 is 3.76. The van der Waals surface area contributed by atoms with Gasteiger partial charge in [0.2, 0.25) is 11.8 Å². The third-order valence-electron chi connectivity index (χ3n) is 10.3. The Morgan fingerprint density at radius 1 is 1.16 bits per heavy atom. The fourth-order valence-electron chi connectivity index (χ4n) is 8.10. The van der Waals surface area contributed by atoms with Crippen molar-refractivity contribution in [3.63, 3.8) is 0 Å². The zero-order valence-corrected chi connectivity index (χ0v) is 31.5. The number of nitrogens with one attached hydrogen (secondary N) is 1. The van der Waals surface area contributed by atoms with E-state index in [1.54, 1.807) is 17.1 Å². The molecular formula is C40H50BrN3O7. The van der Waals surface area contributed by atoms with Crippen molar-refractivity contribution >= 4 is 45.3 Å². The Kier molecular flexibility index (Phi) is 12.2. The first-order valence-electron chi connectivity index (χ1n) is 17.7. The summed E-state index contributed by atoms with van der Waals surface area (Å²) in [5, 5.41) is 13.8. The number of rotatable bonds is 16. The highest BCUT2D eigenvalue weighted by molar-refractivity contribution is 9.09. The SMILES string of the molecule is C=CCCC(=O)OC[C@@H](NC(=O)[C@@H]1[C@H]2O[C@@]3(CC2Br)[C@H](C(=O)N(CC=C)c2cc(C)ccc2C)N([C@@H](CO)CC(C)C)C(=O)[C@@H]13)c1ccccc1. The molecule has 8 atom stereocenters. The van der Waals surface area contributed by atoms with Gasteiger partial charge in [0.1, 0.15) is 18.2 Å². The van der Waals surface area contributed by atoms with E-state index in [0.29, 0.717) is 24.9 Å². The number of likely N-dealkylation sites (tertiary alicyclic amines) is 1. The fourth-order valence-corrected chi connectivity index (χ4v) is 9.04. The number of aliphatic hydroxyl groups is 1. The van der Waals surface area contributed by atoms with Gasteiger partial charge in [0, 0.05) is 23.5 Å². The van der Waals surface area contributed by atoms with E-state index < -0.39 is 53.5 Å². The summed E-state index contributed by atoms with van der Waals surface area (Å²) in [5.74, 6) is -3.42. The first-order valence-corrected chi connectivity index (χ1v) is 18.7. The van der Waals surface area contributed by atoms with Gasteiger partial charge in [0.15, 0.2) is 0 Å². The first kappa shape index (κ1) is 38.4. The molecule has 2 bridgehead atoms. The number of allylic oxidation sites excluding steroid dienone is 1. The lowest BCUT2D eigenvalue weighted by molar-refractivity contribution is -0.146. The standard InChI is InChI=1S/C40H50BrN3O7/c1-7-9-15-32(46)50-23-30(27-13-11-10-12-14-27)42-37(47)33-34-38(48)44(28(22-45)19-24(3)4)36(40(34)21-29(41)35(33)51-40)39(49)43(18-8-2)31-20-25(5)16-17-26(31)6/h7-8,10-14,16-17,20,24,28-30,33-36,45H,1-2,9,15,18-19,21-23H2,3-6H3,(H,42,47)/t28-,29?,30-,33+,34-,35+,36+,40-/m1/s1. The number of fused-ring (bicyclic) bond motifs is 1. The second-order valence-electron chi connectivity index (χ2n) is 14.4. The summed E-state index contributed by atoms with van der Waals surface area (Å²) in [6, 6.07) is 12.6. The molecule has 3 amide bonds. The molecule has 0 radical (unpaired) electrons. The van der Waals surface area contributed by atoms with E-state index in [2.05, 4.69) is 34.4 Å². The average molecular weight is 765 g/mol. The van der Waals surface area contributed by atoms with Crippen LogP contribution in [0, 0.1) is 31.6 Å². The van der Waals surface area contributed by atoms with Gasteiger partial charge in [-0.1, -0.05) is 84.4 Å². The Balaban J connectivity index is 1.55. The quantitative estimate of drug-likeness (QED) is 0.134. The smallest absolute Gasteiger partial charge is 0.306 e. The van der Waals surface area contributed by atoms with Crippen molar-refractivity contribution in [2.45, 2.75) is 88.0 Å². The van der Waals surface area contributed by atoms with Crippen LogP contribution < -0.4 is 10.2 Å². The van der Waals surface area contributed by atoms with Crippen LogP contribution in [-0.4, -0.2) is 82.1 Å². The first-order chi connectivity index (χ1) is 24.4. The molecule has 3 saturated heterocycles. The highest BCUT2D eigenvalue weighted by atomic mass is 79.9. The van der Waals surface area contributed by atoms with Gasteiger partial charge in [-0.2, -0.15) is 0 Å². The highest BCUT2D eigenvalue weighted by Crippen LogP contribution is 2.61. The van der Waals surface area contributed by atoms with E-state index in [0.717, 1.165) is 16.7 Å². The molecule has 2 aromatic carbocycles. The maximum absolute atomic E-state index is 15.1. The second kappa shape index (κ2) is 16.3. The molecule has 0 aromatic heterocycles. The predicted octanol–water partition coefficient (Wildman–Crippen LogP) is 5.34. The number of anilines is 1. The van der Waals surface area contributed by atoms with Crippen molar-refractivity contribution in [2.75, 3.05) is 24.7 Å². The summed E-state index contributed by atoms with van der Waals surface area (Å²) in [6.45, 7) is 15.2. The number of ether oxygens (including phenoxy) is 2. The van der Waals surface area contributed by atoms with Crippen LogP contribution in [0.4, 0.5) is 5.69 Å². The number of carbonyl (C=O) groups is 4. The maximum Gasteiger partial charge on any atom is 0.306 e. The molecule has 2 aromatic rings. The number of alkyl halides is 1. The zero-order valence-electron chi connectivity index (χ0n) is 29.9. The number of amides is 3. The molecule has 10 nitrogen and oxygen atoms in total. The van der Waals surface area contributed by atoms with Crippen LogP contribution in [0.15, 0.2) is 73.8 Å². The van der Waals surface area contributed by atoms with Gasteiger partial charge in [0.25, 0.3) is 5.91 Å². The number of hydrogen-bond acceptors (Lipinski definition) is 7. The molecule has 51 heavy (non-hydrogen) atoms. The van der Waals surface area contributed by atoms with Crippen LogP contribution in [-0.2, 0) is 28.7 Å². The number of benzene rings is 2. The molecule has 3 fully saturated rings. The molecule has 5 rings (SSSR count). The van der Waals surface area contributed by atoms with Crippen molar-refractivity contribution in [3.8, 4) is 0 Å². The minimum absolute atomic E-state index is 0.105. The van der Waals surface area contributed by atoms with Gasteiger partial charge in [-0.05, 0) is 61.8 Å². The number of halogens is 1. The minimum Gasteiger partial charge on any atom is -0.463 e. The van der Waals surface area contributed by atoms with Crippen LogP contribution in [0.5, 0.6) is 0 Å². The lowest BCUT2D eigenvalue weighted by atomic mass is 9.70. The third kappa shape index (κ3) is 7.57. The van der Waals surface area contributed by atoms with Crippen LogP contribution in [0.3, 0.4) is 0 Å². The number of nitrogens with zero attached hydrogens (tertiary/aromatic N) is 2. The summed E-state index contributed by atoms with van der Waals surface area (Å²) in [6.07, 6.45) is 4.00. The summed E-state index contributed by atoms with van der Waals surface area (Å²) < 4.78 is 12.4. The second-order valence-corrected chi connectivity index (χ2v) is 15.6. The number of aliphatic hydroxyl groups excluding tert-OH is 1. The molecule has 3 aliphatic rings. The monoisotopic (exact) mass is 763 g/mol. The van der Waals surface area contributed by atoms with Crippen molar-refractivity contribution in [1.82, 2.24) is 10.2 Å². The van der Waals surface area contributed by atoms with Gasteiger partial charge in [-0.3, -0.25) is 19.2 Å². The molecule has 2 N–H and O–H groups in total. The van der Waals surface area contributed by atoms with Crippen LogP contribution in [0.1, 0.15) is 62.3 Å². The molecular weight excluding hydrogens is 714 g/mol. The lowest BCUT2D eigenvalue weighted by Crippen LogP contribution is -2.59. The van der Waals surface area contributed by atoms with Crippen LogP contribution in [0.2, 0.25) is 0 Å². The predicted molar refractivity (Wildman–Crippen MR) is 199 cm³/mol. The zero-order chi connectivity index (χ0) is 37.0. The summed E-state index contributed by atoms with van der Waals surface area (Å²) in [4.78, 5) is 59.8. The third-order valence-corrected chi connectivity index (χ3v) is 11.2. The molecule has 1 unspecified atom stereocenters. The highest BCUT2D eigenvalue weighted by Gasteiger charge is 2.77. The Morgan fingerprint density at radius 3 is 2.53 bits per heavy atom. The number of carbonyl (C=O) groups excluding carboxylic acids is 4. The molecule has 0 aliphatic carbocycles. The van der Waals surface area contributed by atoms with Gasteiger partial charge < -0.3 is 29.7 Å². The number of hydrogen-bond donors (Lipinski definition) is 2. The van der Waals surface area contributed by atoms with Gasteiger partial charge >= 0.3 is 5.97 Å². The Bertz CT molecular complexity index is 1630. The van der Waals surface area contributed by atoms with E-state index in [1.165, 1.54) is 4.90 Å². The molecule has 0 saturated carbocycles. The van der Waals surface area contributed by atoms with Crippen molar-refractivity contribution in [2.24, 2.45) is 17.8 Å². The number of aryl methyl sites for hydroxylation is 2. The molecule has 11 heteroatoms. The van der Waals surface area contributed by atoms with E-state index in [4.69, 9.17) is 9.47 Å². The van der Waals surface area contributed by atoms with Gasteiger partial charge in [-0.15, -0.1) is 13.2 Å². The molecule has 3 heterocycles. The van der Waals surface area contributed by atoms with Crippen molar-refractivity contribution < 1.29 is 33.8 Å². The van der Waals surface area contributed by atoms with E-state index in [1.807, 2.05) is 76.2 Å². The van der Waals surface area contributed by atoms with E-state index >= 15 is 4.79 Å². The Morgan fingerprint density at radius 2 is 1.88 bits per heavy atom. The normalized spacial score (nSPS) is 26.1. The van der Waals surface area contributed by atoms with E-state index in [9.17, 15) is 19.5 Å². The van der Waals surface area contributed by atoms with Crippen molar-refractivity contribution in [3.05, 3.63) is 90.5 Å². The Hall–Kier alpha value is -3.80. The van der Waals surface area contributed by atoms with Gasteiger partial charge in [0.05, 0.1) is 36.6 Å². The average Bonchev–Trinajstić information content (AvgIpc) is 3.71. The maximum atomic E-state index is 15.1. The van der Waals surface area contributed by atoms with Crippen molar-refractivity contribution in [1.29, 1.82) is 0 Å². The summed E-state index contributed by atoms with van der Waals surface area (Å²) in [7, 11) is 0. The van der Waals surface area contributed by atoms with Gasteiger partial charge in [-0.25, -0.2) is 0 Å². The Labute approximate surface area is 309 Å². The topological polar surface area (TPSA) is 125 Å². The van der Waals surface area contributed by atoms with Crippen LogP contribution in [0.25, 0.3) is 0 Å². The molecule has 3 aliphatic heterocycles.